The van der Waals surface area contributed by atoms with Gasteiger partial charge in [0.15, 0.2) is 0 Å². The van der Waals surface area contributed by atoms with Crippen LogP contribution in [0, 0.1) is 12.8 Å². The summed E-state index contributed by atoms with van der Waals surface area (Å²) in [7, 11) is 0. The van der Waals surface area contributed by atoms with Crippen molar-refractivity contribution in [1.82, 2.24) is 0 Å². The van der Waals surface area contributed by atoms with Crippen LogP contribution in [0.1, 0.15) is 30.5 Å². The van der Waals surface area contributed by atoms with Crippen LogP contribution >= 0.6 is 0 Å². The summed E-state index contributed by atoms with van der Waals surface area (Å²) in [6.45, 7) is 6.35. The molecule has 0 spiro atoms. The molecule has 0 saturated heterocycles. The lowest BCUT2D eigenvalue weighted by Gasteiger charge is -2.11. The zero-order chi connectivity index (χ0) is 9.14. The molecule has 0 saturated carbocycles. The van der Waals surface area contributed by atoms with E-state index < -0.39 is 0 Å². The highest BCUT2D eigenvalue weighted by molar-refractivity contribution is 5.40. The molecular weight excluding hydrogens is 148 g/mol. The summed E-state index contributed by atoms with van der Waals surface area (Å²) in [6.07, 6.45) is 0. The van der Waals surface area contributed by atoms with Crippen LogP contribution in [0.25, 0.3) is 0 Å². The second-order valence-electron chi connectivity index (χ2n) is 3.25. The van der Waals surface area contributed by atoms with Gasteiger partial charge in [0.2, 0.25) is 0 Å². The fourth-order valence-electron chi connectivity index (χ4n) is 1.40. The molecule has 0 atom stereocenters. The van der Waals surface area contributed by atoms with E-state index in [4.69, 9.17) is 5.11 Å². The lowest BCUT2D eigenvalue weighted by Crippen LogP contribution is -1.97. The van der Waals surface area contributed by atoms with Gasteiger partial charge < -0.3 is 5.11 Å². The minimum atomic E-state index is 0.132. The van der Waals surface area contributed by atoms with E-state index >= 15 is 0 Å². The molecule has 0 aliphatic heterocycles. The number of hydrogen-bond acceptors (Lipinski definition) is 1. The van der Waals surface area contributed by atoms with Gasteiger partial charge in [-0.15, -0.1) is 0 Å². The van der Waals surface area contributed by atoms with Gasteiger partial charge in [0.05, 0.1) is 6.61 Å². The summed E-state index contributed by atoms with van der Waals surface area (Å²) in [6, 6.07) is 6.03. The van der Waals surface area contributed by atoms with E-state index in [0.29, 0.717) is 0 Å². The zero-order valence-electron chi connectivity index (χ0n) is 7.89. The van der Waals surface area contributed by atoms with Crippen LogP contribution in [0.2, 0.25) is 0 Å². The lowest BCUT2D eigenvalue weighted by molar-refractivity contribution is 0.281. The van der Waals surface area contributed by atoms with Crippen LogP contribution in [0.5, 0.6) is 0 Å². The number of aliphatic hydroxyl groups excluding tert-OH is 1. The number of rotatable bonds is 2. The second kappa shape index (κ2) is 3.72. The van der Waals surface area contributed by atoms with Crippen molar-refractivity contribution in [3.63, 3.8) is 0 Å². The highest BCUT2D eigenvalue weighted by atomic mass is 16.3. The Hall–Kier alpha value is -0.820. The molecule has 0 amide bonds. The summed E-state index contributed by atoms with van der Waals surface area (Å²) in [4.78, 5) is 0. The van der Waals surface area contributed by atoms with Crippen molar-refractivity contribution in [3.8, 4) is 0 Å². The van der Waals surface area contributed by atoms with Crippen LogP contribution in [0.15, 0.2) is 18.2 Å². The van der Waals surface area contributed by atoms with Gasteiger partial charge >= 0.3 is 0 Å². The van der Waals surface area contributed by atoms with Crippen molar-refractivity contribution < 1.29 is 5.11 Å². The predicted molar refractivity (Wildman–Crippen MR) is 50.8 cm³/mol. The van der Waals surface area contributed by atoms with Crippen molar-refractivity contribution in [1.29, 1.82) is 0 Å². The smallest absolute Gasteiger partial charge is 0.0684 e. The molecule has 0 bridgehead atoms. The molecule has 0 unspecified atom stereocenters. The third-order valence-electron chi connectivity index (χ3n) is 2.15. The van der Waals surface area contributed by atoms with Gasteiger partial charge in [-0.2, -0.15) is 0 Å². The maximum absolute atomic E-state index is 9.02. The van der Waals surface area contributed by atoms with Gasteiger partial charge in [-0.05, 0) is 29.5 Å². The maximum Gasteiger partial charge on any atom is 0.0684 e. The molecule has 1 N–H and O–H groups in total. The average Bonchev–Trinajstić information content (AvgIpc) is 2.04. The standard InChI is InChI=1S/C11H15O/c1-8(2)11-6-4-5-10(7-12)9(11)3/h4-6,12H,7H2,1-3H3. The topological polar surface area (TPSA) is 20.2 Å². The van der Waals surface area contributed by atoms with E-state index in [1.165, 1.54) is 17.0 Å². The van der Waals surface area contributed by atoms with E-state index in [-0.39, 0.29) is 6.61 Å². The van der Waals surface area contributed by atoms with Crippen molar-refractivity contribution in [2.45, 2.75) is 27.4 Å². The molecule has 12 heavy (non-hydrogen) atoms. The molecule has 1 rings (SSSR count). The van der Waals surface area contributed by atoms with Gasteiger partial charge in [-0.1, -0.05) is 32.0 Å². The van der Waals surface area contributed by atoms with Crippen molar-refractivity contribution >= 4 is 0 Å². The van der Waals surface area contributed by atoms with Gasteiger partial charge in [-0.25, -0.2) is 0 Å². The quantitative estimate of drug-likeness (QED) is 0.710. The molecule has 0 heterocycles. The molecule has 0 fully saturated rings. The SMILES string of the molecule is C[C](C)c1cccc(CO)c1C. The van der Waals surface area contributed by atoms with E-state index in [1.54, 1.807) is 0 Å². The maximum atomic E-state index is 9.02. The monoisotopic (exact) mass is 163 g/mol. The van der Waals surface area contributed by atoms with Crippen molar-refractivity contribution in [3.05, 3.63) is 40.8 Å². The van der Waals surface area contributed by atoms with Crippen LogP contribution in [0.3, 0.4) is 0 Å². The van der Waals surface area contributed by atoms with Crippen LogP contribution < -0.4 is 0 Å². The van der Waals surface area contributed by atoms with Crippen molar-refractivity contribution in [2.75, 3.05) is 0 Å². The Morgan fingerprint density at radius 1 is 1.33 bits per heavy atom. The minimum Gasteiger partial charge on any atom is -0.392 e. The second-order valence-corrected chi connectivity index (χ2v) is 3.25. The van der Waals surface area contributed by atoms with Crippen LogP contribution in [0.4, 0.5) is 0 Å². The summed E-state index contributed by atoms with van der Waals surface area (Å²) >= 11 is 0. The molecule has 0 aromatic heterocycles. The Morgan fingerprint density at radius 2 is 2.00 bits per heavy atom. The van der Waals surface area contributed by atoms with E-state index in [1.807, 2.05) is 19.1 Å². The molecule has 1 radical (unpaired) electrons. The largest absolute Gasteiger partial charge is 0.392 e. The molecule has 1 aromatic rings. The Kier molecular flexibility index (Phi) is 2.88. The molecule has 0 aliphatic carbocycles. The van der Waals surface area contributed by atoms with Gasteiger partial charge in [0, 0.05) is 0 Å². The Morgan fingerprint density at radius 3 is 2.50 bits per heavy atom. The summed E-state index contributed by atoms with van der Waals surface area (Å²) < 4.78 is 0. The predicted octanol–water partition coefficient (Wildman–Crippen LogP) is 2.45. The molecule has 65 valence electrons. The van der Waals surface area contributed by atoms with Gasteiger partial charge in [-0.3, -0.25) is 0 Å². The number of hydrogen-bond donors (Lipinski definition) is 1. The molecule has 1 nitrogen and oxygen atoms in total. The average molecular weight is 163 g/mol. The van der Waals surface area contributed by atoms with Crippen molar-refractivity contribution in [2.24, 2.45) is 0 Å². The Balaban J connectivity index is 3.14. The molecule has 1 heteroatoms. The first-order valence-corrected chi connectivity index (χ1v) is 4.16. The summed E-state index contributed by atoms with van der Waals surface area (Å²) in [5.74, 6) is 1.29. The third kappa shape index (κ3) is 1.67. The van der Waals surface area contributed by atoms with Crippen LogP contribution in [-0.4, -0.2) is 5.11 Å². The molecule has 1 aromatic carbocycles. The summed E-state index contributed by atoms with van der Waals surface area (Å²) in [5.41, 5.74) is 3.47. The highest BCUT2D eigenvalue weighted by Gasteiger charge is 2.05. The molecular formula is C11H15O. The first kappa shape index (κ1) is 9.27. The molecule has 0 aliphatic rings. The normalized spacial score (nSPS) is 10.8. The zero-order valence-corrected chi connectivity index (χ0v) is 7.89. The number of benzene rings is 1. The highest BCUT2D eigenvalue weighted by Crippen LogP contribution is 2.20. The summed E-state index contributed by atoms with van der Waals surface area (Å²) in [5, 5.41) is 9.02. The first-order valence-electron chi connectivity index (χ1n) is 4.16. The minimum absolute atomic E-state index is 0.132. The van der Waals surface area contributed by atoms with E-state index in [2.05, 4.69) is 19.9 Å². The Labute approximate surface area is 74.1 Å². The first-order chi connectivity index (χ1) is 5.66. The lowest BCUT2D eigenvalue weighted by atomic mass is 9.95. The van der Waals surface area contributed by atoms with E-state index in [0.717, 1.165) is 5.56 Å². The fraction of sp³-hybridized carbons (Fsp3) is 0.364. The van der Waals surface area contributed by atoms with Gasteiger partial charge in [0.1, 0.15) is 0 Å². The number of aliphatic hydroxyl groups is 1. The van der Waals surface area contributed by atoms with Crippen LogP contribution in [-0.2, 0) is 6.61 Å². The van der Waals surface area contributed by atoms with E-state index in [9.17, 15) is 0 Å². The fourth-order valence-corrected chi connectivity index (χ4v) is 1.40. The third-order valence-corrected chi connectivity index (χ3v) is 2.15. The Bertz CT molecular complexity index is 264. The van der Waals surface area contributed by atoms with Gasteiger partial charge in [0.25, 0.3) is 0 Å².